The van der Waals surface area contributed by atoms with E-state index in [1.54, 1.807) is 0 Å². The lowest BCUT2D eigenvalue weighted by Gasteiger charge is -2.24. The summed E-state index contributed by atoms with van der Waals surface area (Å²) in [6, 6.07) is 12.9. The van der Waals surface area contributed by atoms with E-state index in [2.05, 4.69) is 55.6 Å². The smallest absolute Gasteiger partial charge is 0.0452 e. The van der Waals surface area contributed by atoms with Crippen molar-refractivity contribution in [2.45, 2.75) is 20.3 Å². The van der Waals surface area contributed by atoms with Crippen LogP contribution >= 0.6 is 0 Å². The number of aryl methyl sites for hydroxylation is 2. The first-order valence-corrected chi connectivity index (χ1v) is 5.70. The second kappa shape index (κ2) is 3.38. The van der Waals surface area contributed by atoms with Crippen molar-refractivity contribution < 1.29 is 0 Å². The van der Waals surface area contributed by atoms with Crippen LogP contribution in [0, 0.1) is 13.8 Å². The Labute approximate surface area is 96.1 Å². The van der Waals surface area contributed by atoms with Gasteiger partial charge in [0.15, 0.2) is 0 Å². The fourth-order valence-electron chi connectivity index (χ4n) is 2.39. The van der Waals surface area contributed by atoms with Gasteiger partial charge in [-0.05, 0) is 42.2 Å². The van der Waals surface area contributed by atoms with Gasteiger partial charge < -0.3 is 5.32 Å². The number of benzene rings is 2. The van der Waals surface area contributed by atoms with Crippen LogP contribution in [0.4, 0.5) is 11.4 Å². The Morgan fingerprint density at radius 1 is 0.938 bits per heavy atom. The maximum atomic E-state index is 3.55. The van der Waals surface area contributed by atoms with Gasteiger partial charge in [-0.3, -0.25) is 0 Å². The molecule has 2 aromatic carbocycles. The number of fused-ring (bicyclic) bond motifs is 2. The minimum atomic E-state index is 1.05. The molecule has 0 aliphatic carbocycles. The summed E-state index contributed by atoms with van der Waals surface area (Å²) >= 11 is 0. The molecule has 2 aromatic rings. The van der Waals surface area contributed by atoms with Crippen molar-refractivity contribution in [2.75, 3.05) is 5.32 Å². The van der Waals surface area contributed by atoms with Crippen LogP contribution in [0.1, 0.15) is 22.3 Å². The van der Waals surface area contributed by atoms with Gasteiger partial charge in [0.25, 0.3) is 0 Å². The molecule has 1 N–H and O–H groups in total. The monoisotopic (exact) mass is 209 g/mol. The van der Waals surface area contributed by atoms with Crippen LogP contribution in [0.5, 0.6) is 0 Å². The third-order valence-electron chi connectivity index (χ3n) is 3.40. The second-order valence-electron chi connectivity index (χ2n) is 4.51. The molecule has 0 fully saturated rings. The highest BCUT2D eigenvalue weighted by atomic mass is 14.9. The molecule has 1 heterocycles. The van der Waals surface area contributed by atoms with E-state index < -0.39 is 0 Å². The molecule has 0 saturated carbocycles. The maximum Gasteiger partial charge on any atom is 0.0452 e. The Balaban J connectivity index is 2.19. The molecule has 3 rings (SSSR count). The first kappa shape index (κ1) is 9.46. The van der Waals surface area contributed by atoms with E-state index in [9.17, 15) is 0 Å². The number of para-hydroxylation sites is 1. The number of rotatable bonds is 0. The highest BCUT2D eigenvalue weighted by Crippen LogP contribution is 2.36. The van der Waals surface area contributed by atoms with Crippen LogP contribution in [-0.4, -0.2) is 0 Å². The van der Waals surface area contributed by atoms with Crippen molar-refractivity contribution in [3.8, 4) is 0 Å². The fourth-order valence-corrected chi connectivity index (χ4v) is 2.39. The zero-order valence-corrected chi connectivity index (χ0v) is 9.67. The van der Waals surface area contributed by atoms with Gasteiger partial charge in [-0.1, -0.05) is 30.3 Å². The van der Waals surface area contributed by atoms with Gasteiger partial charge >= 0.3 is 0 Å². The Hall–Kier alpha value is -1.76. The van der Waals surface area contributed by atoms with Gasteiger partial charge in [0, 0.05) is 17.8 Å². The molecule has 0 atom stereocenters. The van der Waals surface area contributed by atoms with Crippen molar-refractivity contribution in [3.63, 3.8) is 0 Å². The van der Waals surface area contributed by atoms with Crippen LogP contribution < -0.4 is 5.32 Å². The van der Waals surface area contributed by atoms with Gasteiger partial charge in [-0.25, -0.2) is 0 Å². The molecule has 1 aliphatic heterocycles. The summed E-state index contributed by atoms with van der Waals surface area (Å²) in [6.07, 6.45) is 1.05. The molecule has 0 aromatic heterocycles. The Bertz CT molecular complexity index is 505. The highest BCUT2D eigenvalue weighted by molar-refractivity contribution is 5.75. The standard InChI is InChI=1S/C15H15N/c1-10-7-8-11(2)15-13(10)9-12-5-3-4-6-14(12)16-15/h3-8,16H,9H2,1-2H3. The van der Waals surface area contributed by atoms with Crippen molar-refractivity contribution in [3.05, 3.63) is 58.7 Å². The van der Waals surface area contributed by atoms with E-state index in [1.165, 1.54) is 33.6 Å². The summed E-state index contributed by atoms with van der Waals surface area (Å²) < 4.78 is 0. The van der Waals surface area contributed by atoms with Gasteiger partial charge in [-0.2, -0.15) is 0 Å². The van der Waals surface area contributed by atoms with Crippen molar-refractivity contribution >= 4 is 11.4 Å². The van der Waals surface area contributed by atoms with Gasteiger partial charge in [0.1, 0.15) is 0 Å². The van der Waals surface area contributed by atoms with E-state index in [1.807, 2.05) is 0 Å². The van der Waals surface area contributed by atoms with Gasteiger partial charge in [0.2, 0.25) is 0 Å². The predicted octanol–water partition coefficient (Wildman–Crippen LogP) is 3.95. The van der Waals surface area contributed by atoms with E-state index in [4.69, 9.17) is 0 Å². The predicted molar refractivity (Wildman–Crippen MR) is 68.4 cm³/mol. The van der Waals surface area contributed by atoms with Crippen LogP contribution in [0.15, 0.2) is 36.4 Å². The topological polar surface area (TPSA) is 12.0 Å². The van der Waals surface area contributed by atoms with Crippen molar-refractivity contribution in [1.82, 2.24) is 0 Å². The Morgan fingerprint density at radius 3 is 2.56 bits per heavy atom. The molecule has 80 valence electrons. The van der Waals surface area contributed by atoms with Crippen LogP contribution in [0.25, 0.3) is 0 Å². The van der Waals surface area contributed by atoms with Gasteiger partial charge in [-0.15, -0.1) is 0 Å². The highest BCUT2D eigenvalue weighted by Gasteiger charge is 2.17. The normalized spacial score (nSPS) is 12.6. The molecule has 0 amide bonds. The average molecular weight is 209 g/mol. The first-order chi connectivity index (χ1) is 7.75. The molecule has 0 radical (unpaired) electrons. The minimum Gasteiger partial charge on any atom is -0.355 e. The molecular weight excluding hydrogens is 194 g/mol. The molecule has 1 nitrogen and oxygen atoms in total. The molecule has 0 spiro atoms. The lowest BCUT2D eigenvalue weighted by molar-refractivity contribution is 1.11. The summed E-state index contributed by atoms with van der Waals surface area (Å²) in [6.45, 7) is 4.35. The average Bonchev–Trinajstić information content (AvgIpc) is 2.32. The number of anilines is 2. The minimum absolute atomic E-state index is 1.05. The zero-order chi connectivity index (χ0) is 11.1. The maximum absolute atomic E-state index is 3.55. The SMILES string of the molecule is Cc1ccc(C)c2c1Cc1ccccc1N2. The van der Waals surface area contributed by atoms with Gasteiger partial charge in [0.05, 0.1) is 0 Å². The van der Waals surface area contributed by atoms with Crippen molar-refractivity contribution in [2.24, 2.45) is 0 Å². The number of hydrogen-bond acceptors (Lipinski definition) is 1. The number of nitrogens with one attached hydrogen (secondary N) is 1. The fraction of sp³-hybridized carbons (Fsp3) is 0.200. The van der Waals surface area contributed by atoms with E-state index in [0.29, 0.717) is 0 Å². The summed E-state index contributed by atoms with van der Waals surface area (Å²) in [5.41, 5.74) is 8.10. The molecular formula is C15H15N. The lowest BCUT2D eigenvalue weighted by Crippen LogP contribution is -2.09. The zero-order valence-electron chi connectivity index (χ0n) is 9.67. The van der Waals surface area contributed by atoms with Crippen LogP contribution in [0.3, 0.4) is 0 Å². The summed E-state index contributed by atoms with van der Waals surface area (Å²) in [7, 11) is 0. The molecule has 0 bridgehead atoms. The summed E-state index contributed by atoms with van der Waals surface area (Å²) in [5.74, 6) is 0. The Morgan fingerprint density at radius 2 is 1.69 bits per heavy atom. The molecule has 0 saturated heterocycles. The molecule has 1 heteroatoms. The Kier molecular flexibility index (Phi) is 2.00. The summed E-state index contributed by atoms with van der Waals surface area (Å²) in [4.78, 5) is 0. The molecule has 1 aliphatic rings. The van der Waals surface area contributed by atoms with Crippen LogP contribution in [-0.2, 0) is 6.42 Å². The third kappa shape index (κ3) is 1.32. The van der Waals surface area contributed by atoms with Crippen molar-refractivity contribution in [1.29, 1.82) is 0 Å². The quantitative estimate of drug-likeness (QED) is 0.591. The summed E-state index contributed by atoms with van der Waals surface area (Å²) in [5, 5.41) is 3.55. The largest absolute Gasteiger partial charge is 0.355 e. The van der Waals surface area contributed by atoms with E-state index >= 15 is 0 Å². The second-order valence-corrected chi connectivity index (χ2v) is 4.51. The van der Waals surface area contributed by atoms with E-state index in [-0.39, 0.29) is 0 Å². The number of hydrogen-bond donors (Lipinski definition) is 1. The van der Waals surface area contributed by atoms with E-state index in [0.717, 1.165) is 6.42 Å². The third-order valence-corrected chi connectivity index (χ3v) is 3.40. The lowest BCUT2D eigenvalue weighted by atomic mass is 9.92. The molecule has 16 heavy (non-hydrogen) atoms. The molecule has 0 unspecified atom stereocenters. The van der Waals surface area contributed by atoms with Crippen LogP contribution in [0.2, 0.25) is 0 Å². The first-order valence-electron chi connectivity index (χ1n) is 5.70.